The molecule has 2 aromatic carbocycles. The Morgan fingerprint density at radius 3 is 1.40 bits per heavy atom. The lowest BCUT2D eigenvalue weighted by atomic mass is 9.71. The first kappa shape index (κ1) is 12.4. The molecule has 2 aromatic rings. The van der Waals surface area contributed by atoms with Gasteiger partial charge >= 0.3 is 11.9 Å². The van der Waals surface area contributed by atoms with Gasteiger partial charge in [0.05, 0.1) is 11.8 Å². The summed E-state index contributed by atoms with van der Waals surface area (Å²) in [5.41, 5.74) is 2.72. The monoisotopic (exact) mass is 268 g/mol. The molecule has 4 nitrogen and oxygen atoms in total. The molecular weight excluding hydrogens is 256 g/mol. The molecule has 2 atom stereocenters. The van der Waals surface area contributed by atoms with E-state index in [0.29, 0.717) is 11.1 Å². The molecule has 0 bridgehead atoms. The predicted molar refractivity (Wildman–Crippen MR) is 72.6 cm³/mol. The first-order chi connectivity index (χ1) is 9.61. The molecule has 0 saturated carbocycles. The molecule has 0 fully saturated rings. The van der Waals surface area contributed by atoms with E-state index in [0.717, 1.165) is 11.1 Å². The van der Waals surface area contributed by atoms with Crippen LogP contribution in [-0.4, -0.2) is 22.2 Å². The maximum atomic E-state index is 11.6. The van der Waals surface area contributed by atoms with Crippen LogP contribution < -0.4 is 0 Å². The summed E-state index contributed by atoms with van der Waals surface area (Å²) < 4.78 is 0. The highest BCUT2D eigenvalue weighted by Gasteiger charge is 2.42. The second kappa shape index (κ2) is 4.49. The summed E-state index contributed by atoms with van der Waals surface area (Å²) in [4.78, 5) is 23.2. The second-order valence-electron chi connectivity index (χ2n) is 4.81. The minimum atomic E-state index is -1.11. The molecule has 1 aliphatic rings. The summed E-state index contributed by atoms with van der Waals surface area (Å²) in [6, 6.07) is 14.2. The van der Waals surface area contributed by atoms with Crippen molar-refractivity contribution in [3.63, 3.8) is 0 Å². The van der Waals surface area contributed by atoms with Gasteiger partial charge in [0, 0.05) is 0 Å². The Kier molecular flexibility index (Phi) is 2.79. The molecule has 100 valence electrons. The third-order valence-electron chi connectivity index (χ3n) is 3.75. The Bertz CT molecular complexity index is 644. The zero-order valence-electron chi connectivity index (χ0n) is 10.5. The van der Waals surface area contributed by atoms with Crippen LogP contribution in [-0.2, 0) is 9.59 Å². The molecule has 3 rings (SSSR count). The number of rotatable bonds is 2. The summed E-state index contributed by atoms with van der Waals surface area (Å²) in [7, 11) is 0. The van der Waals surface area contributed by atoms with Crippen molar-refractivity contribution in [1.29, 1.82) is 0 Å². The van der Waals surface area contributed by atoms with E-state index >= 15 is 0 Å². The second-order valence-corrected chi connectivity index (χ2v) is 4.81. The maximum absolute atomic E-state index is 11.6. The quantitative estimate of drug-likeness (QED) is 0.878. The average molecular weight is 268 g/mol. The molecule has 20 heavy (non-hydrogen) atoms. The van der Waals surface area contributed by atoms with Crippen molar-refractivity contribution in [2.75, 3.05) is 0 Å². The van der Waals surface area contributed by atoms with Gasteiger partial charge in [0.2, 0.25) is 0 Å². The molecule has 2 unspecified atom stereocenters. The lowest BCUT2D eigenvalue weighted by Gasteiger charge is -2.30. The Balaban J connectivity index is 2.35. The van der Waals surface area contributed by atoms with Crippen LogP contribution in [0.3, 0.4) is 0 Å². The SMILES string of the molecule is O=C(O)C1c2ccccc2-c2ccccc2C1C(=O)O. The lowest BCUT2D eigenvalue weighted by Crippen LogP contribution is -2.29. The van der Waals surface area contributed by atoms with E-state index in [2.05, 4.69) is 0 Å². The Hall–Kier alpha value is -2.62. The van der Waals surface area contributed by atoms with Crippen molar-refractivity contribution >= 4 is 11.9 Å². The summed E-state index contributed by atoms with van der Waals surface area (Å²) in [5, 5.41) is 18.9. The number of benzene rings is 2. The fraction of sp³-hybridized carbons (Fsp3) is 0.125. The van der Waals surface area contributed by atoms with Gasteiger partial charge in [-0.25, -0.2) is 0 Å². The number of carbonyl (C=O) groups is 2. The highest BCUT2D eigenvalue weighted by atomic mass is 16.4. The molecule has 2 N–H and O–H groups in total. The Morgan fingerprint density at radius 1 is 0.700 bits per heavy atom. The van der Waals surface area contributed by atoms with E-state index in [9.17, 15) is 19.8 Å². The molecule has 0 amide bonds. The summed E-state index contributed by atoms with van der Waals surface area (Å²) in [6.45, 7) is 0. The van der Waals surface area contributed by atoms with E-state index < -0.39 is 23.8 Å². The van der Waals surface area contributed by atoms with Crippen molar-refractivity contribution in [3.05, 3.63) is 59.7 Å². The molecule has 0 aliphatic heterocycles. The molecule has 1 aliphatic carbocycles. The molecule has 4 heteroatoms. The number of hydrogen-bond donors (Lipinski definition) is 2. The average Bonchev–Trinajstić information content (AvgIpc) is 2.45. The van der Waals surface area contributed by atoms with Gasteiger partial charge in [-0.2, -0.15) is 0 Å². The highest BCUT2D eigenvalue weighted by Crippen LogP contribution is 2.46. The lowest BCUT2D eigenvalue weighted by molar-refractivity contribution is -0.147. The number of fused-ring (bicyclic) bond motifs is 3. The van der Waals surface area contributed by atoms with Crippen molar-refractivity contribution < 1.29 is 19.8 Å². The van der Waals surface area contributed by atoms with E-state index in [1.54, 1.807) is 24.3 Å². The van der Waals surface area contributed by atoms with Gasteiger partial charge in [-0.1, -0.05) is 48.5 Å². The third-order valence-corrected chi connectivity index (χ3v) is 3.75. The van der Waals surface area contributed by atoms with Gasteiger partial charge in [-0.05, 0) is 22.3 Å². The van der Waals surface area contributed by atoms with Crippen LogP contribution in [0.4, 0.5) is 0 Å². The number of aliphatic carboxylic acids is 2. The predicted octanol–water partition coefficient (Wildman–Crippen LogP) is 2.70. The Labute approximate surface area is 115 Å². The Morgan fingerprint density at radius 2 is 1.05 bits per heavy atom. The smallest absolute Gasteiger partial charge is 0.312 e. The van der Waals surface area contributed by atoms with Crippen LogP contribution in [0.15, 0.2) is 48.5 Å². The van der Waals surface area contributed by atoms with Crippen molar-refractivity contribution in [2.45, 2.75) is 11.8 Å². The molecule has 0 heterocycles. The summed E-state index contributed by atoms with van der Waals surface area (Å²) >= 11 is 0. The van der Waals surface area contributed by atoms with E-state index in [1.807, 2.05) is 24.3 Å². The van der Waals surface area contributed by atoms with Crippen molar-refractivity contribution in [2.24, 2.45) is 0 Å². The van der Waals surface area contributed by atoms with Gasteiger partial charge in [-0.3, -0.25) is 9.59 Å². The van der Waals surface area contributed by atoms with Crippen LogP contribution in [0.1, 0.15) is 23.0 Å². The van der Waals surface area contributed by atoms with Gasteiger partial charge in [0.25, 0.3) is 0 Å². The van der Waals surface area contributed by atoms with Crippen LogP contribution in [0.2, 0.25) is 0 Å². The van der Waals surface area contributed by atoms with Crippen molar-refractivity contribution in [1.82, 2.24) is 0 Å². The van der Waals surface area contributed by atoms with Gasteiger partial charge in [-0.15, -0.1) is 0 Å². The van der Waals surface area contributed by atoms with Gasteiger partial charge in [0.1, 0.15) is 0 Å². The number of carboxylic acid groups (broad SMARTS) is 2. The topological polar surface area (TPSA) is 74.6 Å². The normalized spacial score (nSPS) is 19.8. The summed E-state index contributed by atoms with van der Waals surface area (Å²) in [5.74, 6) is -4.34. The zero-order valence-corrected chi connectivity index (χ0v) is 10.5. The fourth-order valence-electron chi connectivity index (χ4n) is 2.94. The molecule has 0 aromatic heterocycles. The van der Waals surface area contributed by atoms with E-state index in [-0.39, 0.29) is 0 Å². The van der Waals surface area contributed by atoms with Crippen LogP contribution >= 0.6 is 0 Å². The van der Waals surface area contributed by atoms with E-state index in [1.165, 1.54) is 0 Å². The van der Waals surface area contributed by atoms with Crippen LogP contribution in [0.5, 0.6) is 0 Å². The minimum absolute atomic E-state index is 0.561. The zero-order chi connectivity index (χ0) is 14.3. The first-order valence-corrected chi connectivity index (χ1v) is 6.25. The van der Waals surface area contributed by atoms with Gasteiger partial charge in [0.15, 0.2) is 0 Å². The number of hydrogen-bond acceptors (Lipinski definition) is 2. The third kappa shape index (κ3) is 1.69. The fourth-order valence-corrected chi connectivity index (χ4v) is 2.94. The number of carboxylic acids is 2. The first-order valence-electron chi connectivity index (χ1n) is 6.25. The molecular formula is C16H12O4. The largest absolute Gasteiger partial charge is 0.481 e. The maximum Gasteiger partial charge on any atom is 0.312 e. The van der Waals surface area contributed by atoms with Crippen LogP contribution in [0.25, 0.3) is 11.1 Å². The minimum Gasteiger partial charge on any atom is -0.481 e. The molecule has 0 saturated heterocycles. The standard InChI is InChI=1S/C16H12O4/c17-15(18)13-11-7-3-1-5-9(11)10-6-2-4-8-12(10)14(13)16(19)20/h1-8,13-14H,(H,17,18)(H,19,20). The molecule has 0 spiro atoms. The van der Waals surface area contributed by atoms with Crippen molar-refractivity contribution in [3.8, 4) is 11.1 Å². The molecule has 0 radical (unpaired) electrons. The van der Waals surface area contributed by atoms with Gasteiger partial charge < -0.3 is 10.2 Å². The summed E-state index contributed by atoms with van der Waals surface area (Å²) in [6.07, 6.45) is 0. The van der Waals surface area contributed by atoms with Crippen LogP contribution in [0, 0.1) is 0 Å². The highest BCUT2D eigenvalue weighted by molar-refractivity contribution is 5.95. The van der Waals surface area contributed by atoms with E-state index in [4.69, 9.17) is 0 Å².